The Bertz CT molecular complexity index is 841. The monoisotopic (exact) mass is 395 g/mol. The van der Waals surface area contributed by atoms with Crippen molar-refractivity contribution in [2.75, 3.05) is 43.5 Å². The maximum Gasteiger partial charge on any atom is 0.255 e. The smallest absolute Gasteiger partial charge is 0.255 e. The van der Waals surface area contributed by atoms with Crippen LogP contribution >= 0.6 is 0 Å². The minimum Gasteiger partial charge on any atom is -0.497 e. The Morgan fingerprint density at radius 1 is 1.03 bits per heavy atom. The van der Waals surface area contributed by atoms with Crippen molar-refractivity contribution in [2.24, 2.45) is 5.92 Å². The number of hydrogen-bond donors (Lipinski definition) is 1. The number of ether oxygens (including phenoxy) is 1. The molecule has 1 N–H and O–H groups in total. The van der Waals surface area contributed by atoms with Crippen molar-refractivity contribution in [3.05, 3.63) is 54.1 Å². The first-order valence-corrected chi connectivity index (χ1v) is 10.0. The van der Waals surface area contributed by atoms with Gasteiger partial charge < -0.3 is 19.9 Å². The first kappa shape index (κ1) is 20.7. The number of anilines is 2. The minimum absolute atomic E-state index is 0.172. The van der Waals surface area contributed by atoms with Gasteiger partial charge in [0.15, 0.2) is 0 Å². The summed E-state index contributed by atoms with van der Waals surface area (Å²) in [5, 5.41) is 2.91. The fourth-order valence-electron chi connectivity index (χ4n) is 3.42. The van der Waals surface area contributed by atoms with Gasteiger partial charge in [-0.05, 0) is 48.4 Å². The van der Waals surface area contributed by atoms with Crippen LogP contribution in [0, 0.1) is 5.92 Å². The third-order valence-electron chi connectivity index (χ3n) is 5.04. The highest BCUT2D eigenvalue weighted by atomic mass is 16.5. The van der Waals surface area contributed by atoms with Crippen LogP contribution in [0.3, 0.4) is 0 Å². The summed E-state index contributed by atoms with van der Waals surface area (Å²) in [5.41, 5.74) is 2.39. The van der Waals surface area contributed by atoms with Gasteiger partial charge in [-0.3, -0.25) is 9.59 Å². The van der Waals surface area contributed by atoms with Crippen molar-refractivity contribution in [2.45, 2.75) is 20.3 Å². The summed E-state index contributed by atoms with van der Waals surface area (Å²) in [4.78, 5) is 28.9. The van der Waals surface area contributed by atoms with Crippen molar-refractivity contribution in [1.29, 1.82) is 0 Å². The molecular weight excluding hydrogens is 366 g/mol. The van der Waals surface area contributed by atoms with E-state index in [9.17, 15) is 9.59 Å². The number of hydrogen-bond acceptors (Lipinski definition) is 4. The summed E-state index contributed by atoms with van der Waals surface area (Å²) in [7, 11) is 1.58. The van der Waals surface area contributed by atoms with Crippen LogP contribution in [0.2, 0.25) is 0 Å². The molecule has 0 radical (unpaired) electrons. The highest BCUT2D eigenvalue weighted by Gasteiger charge is 2.21. The molecule has 1 saturated heterocycles. The van der Waals surface area contributed by atoms with Crippen molar-refractivity contribution >= 4 is 23.2 Å². The average molecular weight is 396 g/mol. The molecule has 0 bridgehead atoms. The highest BCUT2D eigenvalue weighted by Crippen LogP contribution is 2.21. The normalized spacial score (nSPS) is 14.1. The Hall–Kier alpha value is -3.02. The lowest BCUT2D eigenvalue weighted by Crippen LogP contribution is -2.49. The Balaban J connectivity index is 1.55. The van der Waals surface area contributed by atoms with Gasteiger partial charge in [-0.2, -0.15) is 0 Å². The van der Waals surface area contributed by atoms with E-state index in [0.717, 1.165) is 37.6 Å². The number of piperazine rings is 1. The summed E-state index contributed by atoms with van der Waals surface area (Å²) in [6, 6.07) is 14.9. The predicted molar refractivity (Wildman–Crippen MR) is 116 cm³/mol. The lowest BCUT2D eigenvalue weighted by Gasteiger charge is -2.36. The first-order valence-electron chi connectivity index (χ1n) is 10.0. The van der Waals surface area contributed by atoms with E-state index in [2.05, 4.69) is 24.1 Å². The topological polar surface area (TPSA) is 61.9 Å². The van der Waals surface area contributed by atoms with Crippen LogP contribution in [0.25, 0.3) is 0 Å². The zero-order valence-corrected chi connectivity index (χ0v) is 17.4. The molecule has 2 aromatic carbocycles. The molecule has 1 fully saturated rings. The van der Waals surface area contributed by atoms with Gasteiger partial charge in [0.05, 0.1) is 7.11 Å². The van der Waals surface area contributed by atoms with Crippen molar-refractivity contribution in [3.8, 4) is 5.75 Å². The third-order valence-corrected chi connectivity index (χ3v) is 5.04. The van der Waals surface area contributed by atoms with Gasteiger partial charge in [0.1, 0.15) is 5.75 Å². The van der Waals surface area contributed by atoms with E-state index >= 15 is 0 Å². The molecule has 1 aliphatic rings. The molecule has 3 rings (SSSR count). The Morgan fingerprint density at radius 2 is 1.72 bits per heavy atom. The van der Waals surface area contributed by atoms with Crippen LogP contribution in [0.15, 0.2) is 48.5 Å². The number of benzene rings is 2. The van der Waals surface area contributed by atoms with Gasteiger partial charge in [0.2, 0.25) is 5.91 Å². The van der Waals surface area contributed by atoms with E-state index in [4.69, 9.17) is 4.74 Å². The van der Waals surface area contributed by atoms with E-state index in [1.807, 2.05) is 35.2 Å². The van der Waals surface area contributed by atoms with Gasteiger partial charge in [0, 0.05) is 49.5 Å². The van der Waals surface area contributed by atoms with E-state index in [0.29, 0.717) is 23.7 Å². The average Bonchev–Trinajstić information content (AvgIpc) is 2.74. The number of carbonyl (C=O) groups excluding carboxylic acids is 2. The second kappa shape index (κ2) is 9.45. The van der Waals surface area contributed by atoms with Gasteiger partial charge in [-0.15, -0.1) is 0 Å². The van der Waals surface area contributed by atoms with Crippen molar-refractivity contribution in [3.63, 3.8) is 0 Å². The largest absolute Gasteiger partial charge is 0.497 e. The molecule has 0 unspecified atom stereocenters. The maximum absolute atomic E-state index is 12.4. The number of methoxy groups -OCH3 is 1. The fourth-order valence-corrected chi connectivity index (χ4v) is 3.42. The number of rotatable bonds is 6. The summed E-state index contributed by atoms with van der Waals surface area (Å²) in [6.07, 6.45) is 0.613. The fraction of sp³-hybridized carbons (Fsp3) is 0.391. The van der Waals surface area contributed by atoms with Crippen LogP contribution in [0.5, 0.6) is 5.75 Å². The molecule has 6 nitrogen and oxygen atoms in total. The van der Waals surface area contributed by atoms with Gasteiger partial charge >= 0.3 is 0 Å². The standard InChI is InChI=1S/C23H29N3O3/c1-17(2)15-22(27)26-13-11-25(12-14-26)20-9-7-19(8-10-20)24-23(28)18-5-4-6-21(16-18)29-3/h4-10,16-17H,11-15H2,1-3H3,(H,24,28). The van der Waals surface area contributed by atoms with Crippen LogP contribution in [-0.2, 0) is 4.79 Å². The van der Waals surface area contributed by atoms with Crippen molar-refractivity contribution < 1.29 is 14.3 Å². The molecule has 2 amide bonds. The van der Waals surface area contributed by atoms with Crippen LogP contribution in [-0.4, -0.2) is 50.0 Å². The zero-order valence-electron chi connectivity index (χ0n) is 17.4. The molecular formula is C23H29N3O3. The molecule has 0 spiro atoms. The lowest BCUT2D eigenvalue weighted by atomic mass is 10.1. The molecule has 0 aromatic heterocycles. The minimum atomic E-state index is -0.172. The van der Waals surface area contributed by atoms with E-state index in [1.165, 1.54) is 0 Å². The summed E-state index contributed by atoms with van der Waals surface area (Å²) < 4.78 is 5.17. The van der Waals surface area contributed by atoms with Gasteiger partial charge in [-0.1, -0.05) is 19.9 Å². The Kier molecular flexibility index (Phi) is 6.75. The molecule has 0 aliphatic carbocycles. The second-order valence-electron chi connectivity index (χ2n) is 7.70. The van der Waals surface area contributed by atoms with E-state index in [1.54, 1.807) is 25.3 Å². The van der Waals surface area contributed by atoms with Gasteiger partial charge in [-0.25, -0.2) is 0 Å². The zero-order chi connectivity index (χ0) is 20.8. The molecule has 2 aromatic rings. The number of nitrogens with zero attached hydrogens (tertiary/aromatic N) is 2. The highest BCUT2D eigenvalue weighted by molar-refractivity contribution is 6.04. The Morgan fingerprint density at radius 3 is 2.34 bits per heavy atom. The molecule has 0 atom stereocenters. The maximum atomic E-state index is 12.4. The number of nitrogens with one attached hydrogen (secondary N) is 1. The second-order valence-corrected chi connectivity index (χ2v) is 7.70. The Labute approximate surface area is 172 Å². The molecule has 29 heavy (non-hydrogen) atoms. The molecule has 154 valence electrons. The third kappa shape index (κ3) is 5.50. The SMILES string of the molecule is COc1cccc(C(=O)Nc2ccc(N3CCN(C(=O)CC(C)C)CC3)cc2)c1. The van der Waals surface area contributed by atoms with Crippen LogP contribution in [0.4, 0.5) is 11.4 Å². The number of carbonyl (C=O) groups is 2. The first-order chi connectivity index (χ1) is 14.0. The summed E-state index contributed by atoms with van der Waals surface area (Å²) in [6.45, 7) is 7.28. The van der Waals surface area contributed by atoms with Crippen LogP contribution in [0.1, 0.15) is 30.6 Å². The molecule has 1 heterocycles. The summed E-state index contributed by atoms with van der Waals surface area (Å²) in [5.74, 6) is 1.11. The van der Waals surface area contributed by atoms with Crippen LogP contribution < -0.4 is 15.0 Å². The van der Waals surface area contributed by atoms with Crippen molar-refractivity contribution in [1.82, 2.24) is 4.90 Å². The quantitative estimate of drug-likeness (QED) is 0.811. The predicted octanol–water partition coefficient (Wildman–Crippen LogP) is 3.64. The summed E-state index contributed by atoms with van der Waals surface area (Å²) >= 11 is 0. The molecule has 6 heteroatoms. The molecule has 0 saturated carbocycles. The van der Waals surface area contributed by atoms with E-state index in [-0.39, 0.29) is 11.8 Å². The van der Waals surface area contributed by atoms with E-state index < -0.39 is 0 Å². The van der Waals surface area contributed by atoms with Gasteiger partial charge in [0.25, 0.3) is 5.91 Å². The molecule has 1 aliphatic heterocycles. The number of amides is 2. The lowest BCUT2D eigenvalue weighted by molar-refractivity contribution is -0.132.